The maximum absolute atomic E-state index is 14.1. The number of sulfonamides is 1. The van der Waals surface area contributed by atoms with E-state index >= 15 is 0 Å². The lowest BCUT2D eigenvalue weighted by molar-refractivity contribution is -0.137. The lowest BCUT2D eigenvalue weighted by atomic mass is 10.1. The number of aromatic nitrogens is 2. The molecule has 1 aromatic heterocycles. The molecular formula is C16H10ClF4N3O2S. The number of rotatable bonds is 4. The van der Waals surface area contributed by atoms with E-state index in [1.807, 2.05) is 4.72 Å². The van der Waals surface area contributed by atoms with Crippen LogP contribution in [0.1, 0.15) is 5.56 Å². The summed E-state index contributed by atoms with van der Waals surface area (Å²) < 4.78 is 81.4. The molecule has 0 radical (unpaired) electrons. The largest absolute Gasteiger partial charge is 0.416 e. The van der Waals surface area contributed by atoms with Crippen molar-refractivity contribution in [3.05, 3.63) is 71.3 Å². The SMILES string of the molecule is O=S(=O)(Nc1cc(C(F)(F)F)ccc1-n1cccn1)c1cccc(Cl)c1F. The lowest BCUT2D eigenvalue weighted by Crippen LogP contribution is -2.17. The summed E-state index contributed by atoms with van der Waals surface area (Å²) >= 11 is 5.59. The molecule has 0 aliphatic carbocycles. The van der Waals surface area contributed by atoms with Crippen molar-refractivity contribution in [1.29, 1.82) is 0 Å². The van der Waals surface area contributed by atoms with Crippen molar-refractivity contribution >= 4 is 27.3 Å². The number of nitrogens with one attached hydrogen (secondary N) is 1. The van der Waals surface area contributed by atoms with E-state index < -0.39 is 43.2 Å². The van der Waals surface area contributed by atoms with Gasteiger partial charge in [0.25, 0.3) is 10.0 Å². The van der Waals surface area contributed by atoms with Crippen molar-refractivity contribution in [1.82, 2.24) is 9.78 Å². The fourth-order valence-electron chi connectivity index (χ4n) is 2.30. The molecule has 0 aliphatic heterocycles. The third-order valence-corrected chi connectivity index (χ3v) is 5.20. The van der Waals surface area contributed by atoms with Gasteiger partial charge >= 0.3 is 6.18 Å². The van der Waals surface area contributed by atoms with Crippen LogP contribution in [0.25, 0.3) is 5.69 Å². The van der Waals surface area contributed by atoms with Crippen molar-refractivity contribution in [2.75, 3.05) is 4.72 Å². The Morgan fingerprint density at radius 3 is 2.48 bits per heavy atom. The van der Waals surface area contributed by atoms with Crippen molar-refractivity contribution in [2.45, 2.75) is 11.1 Å². The quantitative estimate of drug-likeness (QED) is 0.634. The van der Waals surface area contributed by atoms with Gasteiger partial charge in [-0.1, -0.05) is 17.7 Å². The van der Waals surface area contributed by atoms with Crippen LogP contribution < -0.4 is 4.72 Å². The molecule has 0 aliphatic rings. The first kappa shape index (κ1) is 19.2. The molecule has 1 heterocycles. The van der Waals surface area contributed by atoms with Crippen LogP contribution in [0.3, 0.4) is 0 Å². The van der Waals surface area contributed by atoms with E-state index in [1.54, 1.807) is 0 Å². The Kier molecular flexibility index (Phi) is 4.87. The molecule has 2 aromatic carbocycles. The summed E-state index contributed by atoms with van der Waals surface area (Å²) in [6, 6.07) is 7.26. The molecule has 142 valence electrons. The fraction of sp³-hybridized carbons (Fsp3) is 0.0625. The highest BCUT2D eigenvalue weighted by molar-refractivity contribution is 7.92. The smallest absolute Gasteiger partial charge is 0.277 e. The van der Waals surface area contributed by atoms with Gasteiger partial charge in [-0.3, -0.25) is 4.72 Å². The van der Waals surface area contributed by atoms with Crippen LogP contribution in [0.2, 0.25) is 5.02 Å². The molecule has 0 fully saturated rings. The number of hydrogen-bond donors (Lipinski definition) is 1. The first-order chi connectivity index (χ1) is 12.6. The number of nitrogens with zero attached hydrogens (tertiary/aromatic N) is 2. The van der Waals surface area contributed by atoms with Gasteiger partial charge in [-0.2, -0.15) is 18.3 Å². The summed E-state index contributed by atoms with van der Waals surface area (Å²) in [5.74, 6) is -1.21. The Bertz CT molecular complexity index is 1080. The van der Waals surface area contributed by atoms with Crippen LogP contribution in [0.5, 0.6) is 0 Å². The van der Waals surface area contributed by atoms with Gasteiger partial charge in [-0.25, -0.2) is 17.5 Å². The topological polar surface area (TPSA) is 64.0 Å². The molecular weight excluding hydrogens is 410 g/mol. The Balaban J connectivity index is 2.13. The minimum Gasteiger partial charge on any atom is -0.277 e. The third kappa shape index (κ3) is 3.91. The normalized spacial score (nSPS) is 12.2. The summed E-state index contributed by atoms with van der Waals surface area (Å²) in [7, 11) is -4.56. The zero-order valence-corrected chi connectivity index (χ0v) is 14.8. The lowest BCUT2D eigenvalue weighted by Gasteiger charge is -2.16. The van der Waals surface area contributed by atoms with Crippen molar-refractivity contribution in [2.24, 2.45) is 0 Å². The molecule has 1 N–H and O–H groups in total. The van der Waals surface area contributed by atoms with E-state index in [0.29, 0.717) is 6.07 Å². The zero-order valence-electron chi connectivity index (χ0n) is 13.2. The Hall–Kier alpha value is -2.59. The summed E-state index contributed by atoms with van der Waals surface area (Å²) in [6.07, 6.45) is -1.92. The Morgan fingerprint density at radius 1 is 1.11 bits per heavy atom. The second kappa shape index (κ2) is 6.86. The fourth-order valence-corrected chi connectivity index (χ4v) is 3.69. The van der Waals surface area contributed by atoms with Crippen molar-refractivity contribution in [3.8, 4) is 5.69 Å². The molecule has 11 heteroatoms. The van der Waals surface area contributed by atoms with E-state index in [9.17, 15) is 26.0 Å². The molecule has 0 atom stereocenters. The monoisotopic (exact) mass is 419 g/mol. The number of alkyl halides is 3. The second-order valence-corrected chi connectivity index (χ2v) is 7.40. The first-order valence-electron chi connectivity index (χ1n) is 7.28. The maximum Gasteiger partial charge on any atom is 0.416 e. The highest BCUT2D eigenvalue weighted by atomic mass is 35.5. The molecule has 0 saturated carbocycles. The molecule has 5 nitrogen and oxygen atoms in total. The average molecular weight is 420 g/mol. The van der Waals surface area contributed by atoms with E-state index in [1.165, 1.54) is 29.2 Å². The third-order valence-electron chi connectivity index (χ3n) is 3.53. The molecule has 0 saturated heterocycles. The summed E-state index contributed by atoms with van der Waals surface area (Å²) in [5.41, 5.74) is -1.48. The predicted molar refractivity (Wildman–Crippen MR) is 90.8 cm³/mol. The highest BCUT2D eigenvalue weighted by Gasteiger charge is 2.32. The van der Waals surface area contributed by atoms with Crippen LogP contribution >= 0.6 is 11.6 Å². The van der Waals surface area contributed by atoms with E-state index in [2.05, 4.69) is 5.10 Å². The second-order valence-electron chi connectivity index (χ2n) is 5.34. The number of anilines is 1. The molecule has 3 aromatic rings. The molecule has 0 bridgehead atoms. The van der Waals surface area contributed by atoms with Crippen LogP contribution in [0.15, 0.2) is 59.8 Å². The Morgan fingerprint density at radius 2 is 1.85 bits per heavy atom. The van der Waals surface area contributed by atoms with Crippen molar-refractivity contribution in [3.63, 3.8) is 0 Å². The maximum atomic E-state index is 14.1. The minimum absolute atomic E-state index is 0.0269. The van der Waals surface area contributed by atoms with Gasteiger partial charge in [-0.15, -0.1) is 0 Å². The van der Waals surface area contributed by atoms with Crippen molar-refractivity contribution < 1.29 is 26.0 Å². The molecule has 0 unspecified atom stereocenters. The van der Waals surface area contributed by atoms with Crippen LogP contribution in [-0.4, -0.2) is 18.2 Å². The minimum atomic E-state index is -4.70. The Labute approximate surface area is 156 Å². The molecule has 0 spiro atoms. The van der Waals surface area contributed by atoms with Crippen LogP contribution in [-0.2, 0) is 16.2 Å². The summed E-state index contributed by atoms with van der Waals surface area (Å²) in [5, 5.41) is 3.44. The molecule has 0 amide bonds. The van der Waals surface area contributed by atoms with Gasteiger partial charge in [0.2, 0.25) is 0 Å². The number of benzene rings is 2. The van der Waals surface area contributed by atoms with Gasteiger partial charge < -0.3 is 0 Å². The highest BCUT2D eigenvalue weighted by Crippen LogP contribution is 2.34. The molecule has 27 heavy (non-hydrogen) atoms. The summed E-state index contributed by atoms with van der Waals surface area (Å²) in [4.78, 5) is -0.793. The first-order valence-corrected chi connectivity index (χ1v) is 9.14. The predicted octanol–water partition coefficient (Wildman–Crippen LogP) is 4.48. The van der Waals surface area contributed by atoms with Gasteiger partial charge in [0.05, 0.1) is 22.0 Å². The van der Waals surface area contributed by atoms with Gasteiger partial charge in [-0.05, 0) is 36.4 Å². The number of halogens is 5. The standard InChI is InChI=1S/C16H10ClF4N3O2S/c17-11-3-1-4-14(15(11)18)27(25,26)23-12-9-10(16(19,20)21)5-6-13(12)24-8-2-7-22-24/h1-9,23H. The average Bonchev–Trinajstić information content (AvgIpc) is 3.10. The van der Waals surface area contributed by atoms with E-state index in [-0.39, 0.29) is 5.69 Å². The van der Waals surface area contributed by atoms with E-state index in [4.69, 9.17) is 11.6 Å². The molecule has 3 rings (SSSR count). The van der Waals surface area contributed by atoms with Gasteiger partial charge in [0.1, 0.15) is 4.90 Å². The van der Waals surface area contributed by atoms with Crippen LogP contribution in [0, 0.1) is 5.82 Å². The van der Waals surface area contributed by atoms with E-state index in [0.717, 1.165) is 24.3 Å². The number of hydrogen-bond acceptors (Lipinski definition) is 3. The van der Waals surface area contributed by atoms with Gasteiger partial charge in [0.15, 0.2) is 5.82 Å². The zero-order chi connectivity index (χ0) is 19.8. The van der Waals surface area contributed by atoms with Gasteiger partial charge in [0, 0.05) is 12.4 Å². The van der Waals surface area contributed by atoms with Crippen LogP contribution in [0.4, 0.5) is 23.2 Å². The summed E-state index contributed by atoms with van der Waals surface area (Å²) in [6.45, 7) is 0.